The Morgan fingerprint density at radius 1 is 1.25 bits per heavy atom. The maximum Gasteiger partial charge on any atom is 0.337 e. The van der Waals surface area contributed by atoms with E-state index in [2.05, 4.69) is 4.74 Å². The average Bonchev–Trinajstić information content (AvgIpc) is 2.28. The molecular weight excluding hydrogens is 226 g/mol. The molecule has 0 saturated heterocycles. The molecule has 0 N–H and O–H groups in total. The Balaban J connectivity index is 2.72. The fraction of sp³-hybridized carbons (Fsp3) is 0.273. The van der Waals surface area contributed by atoms with E-state index in [4.69, 9.17) is 17.0 Å². The molecule has 0 unspecified atom stereocenters. The van der Waals surface area contributed by atoms with Crippen molar-refractivity contribution in [3.05, 3.63) is 29.8 Å². The van der Waals surface area contributed by atoms with E-state index in [9.17, 15) is 4.79 Å². The molecule has 0 atom stereocenters. The standard InChI is InChI=1S/C11H13NO3S/c1-12(2)11(16)15-9-6-4-8(5-7-9)10(13)14-3/h4-7H,1-3H3. The molecule has 1 rings (SSSR count). The summed E-state index contributed by atoms with van der Waals surface area (Å²) in [6.07, 6.45) is 0. The number of hydrogen-bond acceptors (Lipinski definition) is 4. The zero-order chi connectivity index (χ0) is 12.1. The van der Waals surface area contributed by atoms with Crippen LogP contribution in [0, 0.1) is 0 Å². The van der Waals surface area contributed by atoms with Crippen molar-refractivity contribution in [1.82, 2.24) is 4.90 Å². The van der Waals surface area contributed by atoms with Crippen molar-refractivity contribution in [2.24, 2.45) is 0 Å². The Morgan fingerprint density at radius 3 is 2.25 bits per heavy atom. The number of carbonyl (C=O) groups excluding carboxylic acids is 1. The lowest BCUT2D eigenvalue weighted by Crippen LogP contribution is -2.24. The number of rotatable bonds is 2. The molecule has 0 aliphatic carbocycles. The second-order valence-electron chi connectivity index (χ2n) is 3.28. The Labute approximate surface area is 99.8 Å². The van der Waals surface area contributed by atoms with Crippen LogP contribution in [-0.4, -0.2) is 37.2 Å². The van der Waals surface area contributed by atoms with E-state index in [1.54, 1.807) is 43.3 Å². The normalized spacial score (nSPS) is 9.44. The van der Waals surface area contributed by atoms with E-state index in [0.717, 1.165) is 0 Å². The van der Waals surface area contributed by atoms with Gasteiger partial charge in [0.15, 0.2) is 0 Å². The van der Waals surface area contributed by atoms with Crippen molar-refractivity contribution in [1.29, 1.82) is 0 Å². The van der Waals surface area contributed by atoms with Crippen LogP contribution < -0.4 is 4.74 Å². The van der Waals surface area contributed by atoms with Gasteiger partial charge in [0.2, 0.25) is 0 Å². The van der Waals surface area contributed by atoms with Gasteiger partial charge in [0.25, 0.3) is 5.17 Å². The highest BCUT2D eigenvalue weighted by atomic mass is 32.1. The van der Waals surface area contributed by atoms with Gasteiger partial charge in [0.1, 0.15) is 5.75 Å². The van der Waals surface area contributed by atoms with Crippen LogP contribution in [0.4, 0.5) is 0 Å². The molecular formula is C11H13NO3S. The molecule has 0 bridgehead atoms. The minimum absolute atomic E-state index is 0.366. The van der Waals surface area contributed by atoms with Crippen LogP contribution in [0.15, 0.2) is 24.3 Å². The minimum Gasteiger partial charge on any atom is -0.465 e. The number of methoxy groups -OCH3 is 1. The second-order valence-corrected chi connectivity index (χ2v) is 3.63. The maximum atomic E-state index is 11.2. The summed E-state index contributed by atoms with van der Waals surface area (Å²) in [6, 6.07) is 6.59. The molecule has 0 spiro atoms. The maximum absolute atomic E-state index is 11.2. The van der Waals surface area contributed by atoms with Crippen molar-refractivity contribution in [2.75, 3.05) is 21.2 Å². The molecule has 0 fully saturated rings. The molecule has 4 nitrogen and oxygen atoms in total. The van der Waals surface area contributed by atoms with E-state index in [1.165, 1.54) is 7.11 Å². The summed E-state index contributed by atoms with van der Waals surface area (Å²) in [4.78, 5) is 12.8. The van der Waals surface area contributed by atoms with Crippen molar-refractivity contribution in [2.45, 2.75) is 0 Å². The molecule has 0 amide bonds. The summed E-state index contributed by atoms with van der Waals surface area (Å²) in [6.45, 7) is 0. The van der Waals surface area contributed by atoms with Gasteiger partial charge in [-0.3, -0.25) is 0 Å². The Hall–Kier alpha value is -1.62. The Morgan fingerprint density at radius 2 is 1.81 bits per heavy atom. The third-order valence-corrected chi connectivity index (χ3v) is 2.29. The van der Waals surface area contributed by atoms with Crippen LogP contribution in [0.2, 0.25) is 0 Å². The molecule has 16 heavy (non-hydrogen) atoms. The SMILES string of the molecule is COC(=O)c1ccc(OC(=S)N(C)C)cc1. The smallest absolute Gasteiger partial charge is 0.337 e. The highest BCUT2D eigenvalue weighted by Gasteiger charge is 2.06. The van der Waals surface area contributed by atoms with Crippen molar-refractivity contribution in [3.63, 3.8) is 0 Å². The number of ether oxygens (including phenoxy) is 2. The number of hydrogen-bond donors (Lipinski definition) is 0. The number of carbonyl (C=O) groups is 1. The molecule has 1 aromatic carbocycles. The monoisotopic (exact) mass is 239 g/mol. The van der Waals surface area contributed by atoms with E-state index in [0.29, 0.717) is 16.5 Å². The molecule has 5 heteroatoms. The largest absolute Gasteiger partial charge is 0.465 e. The fourth-order valence-electron chi connectivity index (χ4n) is 0.969. The zero-order valence-electron chi connectivity index (χ0n) is 9.39. The van der Waals surface area contributed by atoms with Crippen molar-refractivity contribution in [3.8, 4) is 5.75 Å². The van der Waals surface area contributed by atoms with E-state index >= 15 is 0 Å². The van der Waals surface area contributed by atoms with Gasteiger partial charge in [0.05, 0.1) is 12.7 Å². The van der Waals surface area contributed by atoms with Crippen LogP contribution in [-0.2, 0) is 4.74 Å². The first-order valence-corrected chi connectivity index (χ1v) is 5.03. The van der Waals surface area contributed by atoms with Gasteiger partial charge in [-0.15, -0.1) is 0 Å². The highest BCUT2D eigenvalue weighted by Crippen LogP contribution is 2.13. The number of thiocarbonyl (C=S) groups is 1. The lowest BCUT2D eigenvalue weighted by atomic mass is 10.2. The third kappa shape index (κ3) is 3.20. The second kappa shape index (κ2) is 5.46. The number of nitrogens with zero attached hydrogens (tertiary/aromatic N) is 1. The summed E-state index contributed by atoms with van der Waals surface area (Å²) in [5.41, 5.74) is 0.477. The van der Waals surface area contributed by atoms with Gasteiger partial charge in [-0.25, -0.2) is 4.79 Å². The predicted octanol–water partition coefficient (Wildman–Crippen LogP) is 1.70. The number of esters is 1. The van der Waals surface area contributed by atoms with Crippen molar-refractivity contribution >= 4 is 23.4 Å². The lowest BCUT2D eigenvalue weighted by molar-refractivity contribution is 0.0600. The van der Waals surface area contributed by atoms with Crippen LogP contribution >= 0.6 is 12.2 Å². The van der Waals surface area contributed by atoms with Gasteiger partial charge >= 0.3 is 5.97 Å². The summed E-state index contributed by atoms with van der Waals surface area (Å²) in [5.74, 6) is 0.216. The summed E-state index contributed by atoms with van der Waals surface area (Å²) >= 11 is 4.98. The van der Waals surface area contributed by atoms with Crippen LogP contribution in [0.25, 0.3) is 0 Å². The van der Waals surface area contributed by atoms with Gasteiger partial charge < -0.3 is 14.4 Å². The number of benzene rings is 1. The van der Waals surface area contributed by atoms with Crippen LogP contribution in [0.5, 0.6) is 5.75 Å². The van der Waals surface area contributed by atoms with E-state index < -0.39 is 0 Å². The molecule has 0 aromatic heterocycles. The molecule has 0 aliphatic rings. The van der Waals surface area contributed by atoms with Crippen molar-refractivity contribution < 1.29 is 14.3 Å². The molecule has 1 aromatic rings. The average molecular weight is 239 g/mol. The van der Waals surface area contributed by atoms with E-state index in [1.807, 2.05) is 0 Å². The highest BCUT2D eigenvalue weighted by molar-refractivity contribution is 7.80. The molecule has 0 radical (unpaired) electrons. The van der Waals surface area contributed by atoms with Crippen LogP contribution in [0.3, 0.4) is 0 Å². The first kappa shape index (κ1) is 12.4. The predicted molar refractivity (Wildman–Crippen MR) is 64.7 cm³/mol. The quantitative estimate of drug-likeness (QED) is 0.580. The third-order valence-electron chi connectivity index (χ3n) is 1.85. The zero-order valence-corrected chi connectivity index (χ0v) is 10.2. The van der Waals surface area contributed by atoms with Gasteiger partial charge in [-0.2, -0.15) is 0 Å². The fourth-order valence-corrected chi connectivity index (χ4v) is 1.07. The Bertz CT molecular complexity index is 387. The van der Waals surface area contributed by atoms with E-state index in [-0.39, 0.29) is 5.97 Å². The lowest BCUT2D eigenvalue weighted by Gasteiger charge is -2.13. The van der Waals surface area contributed by atoms with Gasteiger partial charge in [0, 0.05) is 14.1 Å². The summed E-state index contributed by atoms with van der Waals surface area (Å²) < 4.78 is 9.93. The first-order valence-electron chi connectivity index (χ1n) is 4.62. The molecule has 0 aliphatic heterocycles. The van der Waals surface area contributed by atoms with Crippen LogP contribution in [0.1, 0.15) is 10.4 Å². The summed E-state index contributed by atoms with van der Waals surface area (Å²) in [5, 5.41) is 0.366. The minimum atomic E-state index is -0.373. The van der Waals surface area contributed by atoms with Gasteiger partial charge in [-0.1, -0.05) is 0 Å². The molecule has 86 valence electrons. The topological polar surface area (TPSA) is 38.8 Å². The molecule has 0 saturated carbocycles. The first-order chi connectivity index (χ1) is 7.54. The summed E-state index contributed by atoms with van der Waals surface area (Å²) in [7, 11) is 4.93. The molecule has 0 heterocycles. The van der Waals surface area contributed by atoms with Gasteiger partial charge in [-0.05, 0) is 36.5 Å². The Kier molecular flexibility index (Phi) is 4.25.